The number of halogens is 1. The van der Waals surface area contributed by atoms with Gasteiger partial charge in [-0.2, -0.15) is 0 Å². The van der Waals surface area contributed by atoms with Crippen LogP contribution in [0.3, 0.4) is 0 Å². The molecule has 124 valence electrons. The topological polar surface area (TPSA) is 61.4 Å². The van der Waals surface area contributed by atoms with E-state index in [0.717, 1.165) is 32.7 Å². The minimum absolute atomic E-state index is 0.251. The zero-order valence-corrected chi connectivity index (χ0v) is 13.1. The Hall–Kier alpha value is -1.79. The number of imide groups is 1. The number of carbonyl (C=O) groups is 2. The number of hydrogen-bond donors (Lipinski definition) is 2. The molecule has 2 aliphatic heterocycles. The molecule has 2 aliphatic rings. The van der Waals surface area contributed by atoms with Crippen LogP contribution in [0, 0.1) is 5.82 Å². The van der Waals surface area contributed by atoms with E-state index in [0.29, 0.717) is 30.4 Å². The summed E-state index contributed by atoms with van der Waals surface area (Å²) in [7, 11) is 0. The lowest BCUT2D eigenvalue weighted by molar-refractivity contribution is -0.134. The maximum atomic E-state index is 14.3. The van der Waals surface area contributed by atoms with E-state index in [9.17, 15) is 14.0 Å². The van der Waals surface area contributed by atoms with E-state index in [1.807, 2.05) is 6.07 Å². The van der Waals surface area contributed by atoms with E-state index in [-0.39, 0.29) is 17.6 Å². The van der Waals surface area contributed by atoms with E-state index in [1.165, 1.54) is 6.07 Å². The molecule has 1 aromatic rings. The first-order valence-electron chi connectivity index (χ1n) is 8.18. The van der Waals surface area contributed by atoms with Crippen molar-refractivity contribution < 1.29 is 14.0 Å². The number of benzene rings is 1. The van der Waals surface area contributed by atoms with Gasteiger partial charge >= 0.3 is 0 Å². The van der Waals surface area contributed by atoms with Gasteiger partial charge in [-0.25, -0.2) is 4.39 Å². The number of rotatable bonds is 4. The Morgan fingerprint density at radius 3 is 2.70 bits per heavy atom. The van der Waals surface area contributed by atoms with Crippen LogP contribution in [0.15, 0.2) is 18.2 Å². The predicted octanol–water partition coefficient (Wildman–Crippen LogP) is 0.794. The average molecular weight is 319 g/mol. The Labute approximate surface area is 135 Å². The molecule has 1 atom stereocenters. The Kier molecular flexibility index (Phi) is 5.03. The van der Waals surface area contributed by atoms with E-state index >= 15 is 0 Å². The summed E-state index contributed by atoms with van der Waals surface area (Å²) >= 11 is 0. The number of nitrogens with one attached hydrogen (secondary N) is 2. The molecule has 2 amide bonds. The number of piperidine rings is 1. The fourth-order valence-corrected chi connectivity index (χ4v) is 3.21. The SMILES string of the molecule is O=C1CCC(c2ccc(CCN3CCNCC3)c(F)c2)C(=O)N1. The Balaban J connectivity index is 1.63. The van der Waals surface area contributed by atoms with Gasteiger partial charge in [0.15, 0.2) is 0 Å². The molecule has 6 heteroatoms. The van der Waals surface area contributed by atoms with Crippen LogP contribution in [0.1, 0.15) is 29.9 Å². The highest BCUT2D eigenvalue weighted by Crippen LogP contribution is 2.26. The third-order valence-corrected chi connectivity index (χ3v) is 4.63. The molecule has 0 spiro atoms. The first-order chi connectivity index (χ1) is 11.1. The van der Waals surface area contributed by atoms with Gasteiger partial charge in [0.1, 0.15) is 5.82 Å². The summed E-state index contributed by atoms with van der Waals surface area (Å²) in [6, 6.07) is 5.04. The third-order valence-electron chi connectivity index (χ3n) is 4.63. The monoisotopic (exact) mass is 319 g/mol. The Morgan fingerprint density at radius 1 is 1.22 bits per heavy atom. The number of piperazine rings is 1. The van der Waals surface area contributed by atoms with Crippen LogP contribution in [0.4, 0.5) is 4.39 Å². The second-order valence-electron chi connectivity index (χ2n) is 6.20. The minimum Gasteiger partial charge on any atom is -0.314 e. The lowest BCUT2D eigenvalue weighted by Crippen LogP contribution is -2.44. The predicted molar refractivity (Wildman–Crippen MR) is 84.5 cm³/mol. The summed E-state index contributed by atoms with van der Waals surface area (Å²) < 4.78 is 14.3. The normalized spacial score (nSPS) is 22.9. The largest absolute Gasteiger partial charge is 0.314 e. The van der Waals surface area contributed by atoms with Crippen LogP contribution in [0.5, 0.6) is 0 Å². The highest BCUT2D eigenvalue weighted by Gasteiger charge is 2.28. The van der Waals surface area contributed by atoms with Crippen molar-refractivity contribution in [3.8, 4) is 0 Å². The molecular weight excluding hydrogens is 297 g/mol. The van der Waals surface area contributed by atoms with Gasteiger partial charge < -0.3 is 10.2 Å². The van der Waals surface area contributed by atoms with Gasteiger partial charge in [0.05, 0.1) is 5.92 Å². The highest BCUT2D eigenvalue weighted by molar-refractivity contribution is 6.00. The van der Waals surface area contributed by atoms with Gasteiger partial charge in [-0.05, 0) is 30.0 Å². The summed E-state index contributed by atoms with van der Waals surface area (Å²) in [6.45, 7) is 4.80. The summed E-state index contributed by atoms with van der Waals surface area (Å²) in [5.74, 6) is -1.26. The second kappa shape index (κ2) is 7.19. The first kappa shape index (κ1) is 16.1. The molecule has 23 heavy (non-hydrogen) atoms. The maximum Gasteiger partial charge on any atom is 0.234 e. The molecule has 1 aromatic carbocycles. The highest BCUT2D eigenvalue weighted by atomic mass is 19.1. The molecule has 2 N–H and O–H groups in total. The Bertz CT molecular complexity index is 600. The molecule has 1 unspecified atom stereocenters. The smallest absolute Gasteiger partial charge is 0.234 e. The summed E-state index contributed by atoms with van der Waals surface area (Å²) in [5.41, 5.74) is 1.33. The van der Waals surface area contributed by atoms with Gasteiger partial charge in [-0.1, -0.05) is 12.1 Å². The number of amides is 2. The van der Waals surface area contributed by atoms with E-state index < -0.39 is 5.92 Å². The van der Waals surface area contributed by atoms with Crippen molar-refractivity contribution in [2.75, 3.05) is 32.7 Å². The number of hydrogen-bond acceptors (Lipinski definition) is 4. The van der Waals surface area contributed by atoms with Crippen LogP contribution < -0.4 is 10.6 Å². The minimum atomic E-state index is -0.426. The lowest BCUT2D eigenvalue weighted by Gasteiger charge is -2.27. The van der Waals surface area contributed by atoms with Crippen molar-refractivity contribution in [3.05, 3.63) is 35.1 Å². The van der Waals surface area contributed by atoms with Gasteiger partial charge in [-0.3, -0.25) is 14.9 Å². The van der Waals surface area contributed by atoms with Crippen molar-refractivity contribution in [2.24, 2.45) is 0 Å². The molecular formula is C17H22FN3O2. The summed E-state index contributed by atoms with van der Waals surface area (Å²) in [4.78, 5) is 25.4. The molecule has 5 nitrogen and oxygen atoms in total. The zero-order valence-electron chi connectivity index (χ0n) is 13.1. The molecule has 2 fully saturated rings. The standard InChI is InChI=1S/C17H22FN3O2/c18-15-11-13(14-3-4-16(22)20-17(14)23)2-1-12(15)5-8-21-9-6-19-7-10-21/h1-2,11,14,19H,3-10H2,(H,20,22,23). The van der Waals surface area contributed by atoms with E-state index in [4.69, 9.17) is 0 Å². The molecule has 0 radical (unpaired) electrons. The summed E-state index contributed by atoms with van der Waals surface area (Å²) in [6.07, 6.45) is 1.43. The molecule has 2 saturated heterocycles. The quantitative estimate of drug-likeness (QED) is 0.806. The van der Waals surface area contributed by atoms with Crippen molar-refractivity contribution in [2.45, 2.75) is 25.2 Å². The Morgan fingerprint density at radius 2 is 2.00 bits per heavy atom. The molecule has 2 heterocycles. The molecule has 0 bridgehead atoms. The lowest BCUT2D eigenvalue weighted by atomic mass is 9.89. The van der Waals surface area contributed by atoms with Crippen LogP contribution in [-0.4, -0.2) is 49.4 Å². The van der Waals surface area contributed by atoms with Crippen molar-refractivity contribution in [3.63, 3.8) is 0 Å². The fourth-order valence-electron chi connectivity index (χ4n) is 3.21. The maximum absolute atomic E-state index is 14.3. The van der Waals surface area contributed by atoms with Gasteiger partial charge in [0, 0.05) is 39.1 Å². The third kappa shape index (κ3) is 3.95. The van der Waals surface area contributed by atoms with Crippen molar-refractivity contribution in [1.82, 2.24) is 15.5 Å². The van der Waals surface area contributed by atoms with Crippen LogP contribution in [0.2, 0.25) is 0 Å². The fraction of sp³-hybridized carbons (Fsp3) is 0.529. The molecule has 0 aliphatic carbocycles. The van der Waals surface area contributed by atoms with Gasteiger partial charge in [0.2, 0.25) is 11.8 Å². The molecule has 0 saturated carbocycles. The molecule has 3 rings (SSSR count). The van der Waals surface area contributed by atoms with E-state index in [1.54, 1.807) is 6.07 Å². The molecule has 0 aromatic heterocycles. The van der Waals surface area contributed by atoms with Crippen molar-refractivity contribution in [1.29, 1.82) is 0 Å². The van der Waals surface area contributed by atoms with Gasteiger partial charge in [-0.15, -0.1) is 0 Å². The van der Waals surface area contributed by atoms with Crippen LogP contribution in [0.25, 0.3) is 0 Å². The average Bonchev–Trinajstić information content (AvgIpc) is 2.55. The number of carbonyl (C=O) groups excluding carboxylic acids is 2. The summed E-state index contributed by atoms with van der Waals surface area (Å²) in [5, 5.41) is 5.61. The van der Waals surface area contributed by atoms with Crippen LogP contribution in [-0.2, 0) is 16.0 Å². The van der Waals surface area contributed by atoms with Crippen molar-refractivity contribution >= 4 is 11.8 Å². The zero-order chi connectivity index (χ0) is 16.2. The van der Waals surface area contributed by atoms with E-state index in [2.05, 4.69) is 15.5 Å². The number of nitrogens with zero attached hydrogens (tertiary/aromatic N) is 1. The van der Waals surface area contributed by atoms with Gasteiger partial charge in [0.25, 0.3) is 0 Å². The van der Waals surface area contributed by atoms with Crippen LogP contribution >= 0.6 is 0 Å². The first-order valence-corrected chi connectivity index (χ1v) is 8.18. The second-order valence-corrected chi connectivity index (χ2v) is 6.20.